The van der Waals surface area contributed by atoms with Crippen molar-refractivity contribution < 1.29 is 39.1 Å². The highest BCUT2D eigenvalue weighted by molar-refractivity contribution is 5.81. The van der Waals surface area contributed by atoms with E-state index >= 15 is 0 Å². The molecule has 8 nitrogen and oxygen atoms in total. The van der Waals surface area contributed by atoms with Crippen molar-refractivity contribution in [2.24, 2.45) is 0 Å². The molecule has 0 amide bonds. The Hall–Kier alpha value is -1.03. The third-order valence-corrected chi connectivity index (χ3v) is 1.72. The first-order valence-corrected chi connectivity index (χ1v) is 6.57. The lowest BCUT2D eigenvalue weighted by Crippen LogP contribution is -2.11. The first-order valence-electron chi connectivity index (χ1n) is 6.57. The Bertz CT molecular complexity index is 212. The number of carbonyl (C=O) groups is 1. The Morgan fingerprint density at radius 3 is 1.48 bits per heavy atom. The third-order valence-electron chi connectivity index (χ3n) is 1.72. The van der Waals surface area contributed by atoms with Gasteiger partial charge in [-0.1, -0.05) is 6.58 Å². The van der Waals surface area contributed by atoms with Crippen LogP contribution < -0.4 is 0 Å². The van der Waals surface area contributed by atoms with Crippen molar-refractivity contribution in [2.75, 3.05) is 66.1 Å². The van der Waals surface area contributed by atoms with Gasteiger partial charge in [-0.3, -0.25) is 0 Å². The molecule has 0 aromatic rings. The van der Waals surface area contributed by atoms with Crippen molar-refractivity contribution >= 4 is 5.97 Å². The molecule has 0 heterocycles. The van der Waals surface area contributed by atoms with Crippen LogP contribution in [-0.2, 0) is 23.7 Å². The molecular weight excluding hydrogens is 284 g/mol. The van der Waals surface area contributed by atoms with Crippen LogP contribution in [0.5, 0.6) is 0 Å². The monoisotopic (exact) mass is 310 g/mol. The second-order valence-electron chi connectivity index (χ2n) is 3.38. The van der Waals surface area contributed by atoms with Gasteiger partial charge >= 0.3 is 5.97 Å². The highest BCUT2D eigenvalue weighted by Gasteiger charge is 1.90. The predicted octanol–water partition coefficient (Wildman–Crippen LogP) is -1.27. The number of aliphatic hydroxyl groups excluding tert-OH is 3. The molecule has 0 fully saturated rings. The fourth-order valence-electron chi connectivity index (χ4n) is 0.876. The first-order chi connectivity index (χ1) is 10.2. The maximum absolute atomic E-state index is 10.1. The number of esters is 1. The summed E-state index contributed by atoms with van der Waals surface area (Å²) in [6.07, 6.45) is 1.05. The van der Waals surface area contributed by atoms with E-state index in [2.05, 4.69) is 11.3 Å². The van der Waals surface area contributed by atoms with Crippen molar-refractivity contribution in [3.8, 4) is 0 Å². The van der Waals surface area contributed by atoms with E-state index in [0.717, 1.165) is 6.08 Å². The molecule has 3 N–H and O–H groups in total. The van der Waals surface area contributed by atoms with E-state index in [9.17, 15) is 4.79 Å². The second-order valence-corrected chi connectivity index (χ2v) is 3.38. The number of ether oxygens (including phenoxy) is 4. The van der Waals surface area contributed by atoms with Gasteiger partial charge in [-0.05, 0) is 0 Å². The van der Waals surface area contributed by atoms with Crippen LogP contribution in [-0.4, -0.2) is 87.4 Å². The van der Waals surface area contributed by atoms with Crippen LogP contribution in [0.1, 0.15) is 0 Å². The quantitative estimate of drug-likeness (QED) is 0.219. The van der Waals surface area contributed by atoms with Crippen molar-refractivity contribution in [1.29, 1.82) is 0 Å². The van der Waals surface area contributed by atoms with E-state index in [0.29, 0.717) is 39.6 Å². The number of hydrogen-bond acceptors (Lipinski definition) is 8. The maximum Gasteiger partial charge on any atom is 0.330 e. The van der Waals surface area contributed by atoms with Crippen molar-refractivity contribution in [2.45, 2.75) is 0 Å². The van der Waals surface area contributed by atoms with E-state index in [1.807, 2.05) is 0 Å². The zero-order valence-electron chi connectivity index (χ0n) is 12.2. The standard InChI is InChI=1S/C8H18O5.C5H8O3/c9-1-3-11-5-7-13-8-6-12-4-2-10;1-2-5(7)8-4-3-6/h9-10H,1-8H2;2,6H,1,3-4H2. The fraction of sp³-hybridized carbons (Fsp3) is 0.769. The average Bonchev–Trinajstić information content (AvgIpc) is 2.51. The molecule has 0 unspecified atom stereocenters. The lowest BCUT2D eigenvalue weighted by Gasteiger charge is -2.04. The van der Waals surface area contributed by atoms with Crippen molar-refractivity contribution in [3.05, 3.63) is 12.7 Å². The summed E-state index contributed by atoms with van der Waals surface area (Å²) >= 11 is 0. The largest absolute Gasteiger partial charge is 0.460 e. The van der Waals surface area contributed by atoms with Crippen LogP contribution in [0.25, 0.3) is 0 Å². The number of aliphatic hydroxyl groups is 3. The summed E-state index contributed by atoms with van der Waals surface area (Å²) in [5, 5.41) is 24.8. The van der Waals surface area contributed by atoms with Gasteiger partial charge in [-0.2, -0.15) is 0 Å². The first kappa shape index (κ1) is 22.3. The van der Waals surface area contributed by atoms with Gasteiger partial charge in [0.1, 0.15) is 6.61 Å². The van der Waals surface area contributed by atoms with Gasteiger partial charge in [0.15, 0.2) is 0 Å². The fourth-order valence-corrected chi connectivity index (χ4v) is 0.876. The summed E-state index contributed by atoms with van der Waals surface area (Å²) in [5.74, 6) is -0.501. The molecule has 0 saturated heterocycles. The summed E-state index contributed by atoms with van der Waals surface area (Å²) in [4.78, 5) is 10.1. The minimum atomic E-state index is -0.501. The molecule has 0 aromatic heterocycles. The second kappa shape index (κ2) is 21.3. The summed E-state index contributed by atoms with van der Waals surface area (Å²) in [6.45, 7) is 5.83. The van der Waals surface area contributed by atoms with Gasteiger partial charge < -0.3 is 34.3 Å². The van der Waals surface area contributed by atoms with E-state index in [1.165, 1.54) is 0 Å². The van der Waals surface area contributed by atoms with Crippen molar-refractivity contribution in [3.63, 3.8) is 0 Å². The molecule has 0 atom stereocenters. The zero-order valence-corrected chi connectivity index (χ0v) is 12.2. The third kappa shape index (κ3) is 24.4. The summed E-state index contributed by atoms with van der Waals surface area (Å²) in [6, 6.07) is 0. The van der Waals surface area contributed by atoms with Crippen LogP contribution in [0.2, 0.25) is 0 Å². The molecular formula is C13H26O8. The van der Waals surface area contributed by atoms with Crippen LogP contribution >= 0.6 is 0 Å². The smallest absolute Gasteiger partial charge is 0.330 e. The molecule has 0 bridgehead atoms. The van der Waals surface area contributed by atoms with Crippen molar-refractivity contribution in [1.82, 2.24) is 0 Å². The molecule has 0 rings (SSSR count). The minimum absolute atomic E-state index is 0.0413. The van der Waals surface area contributed by atoms with Gasteiger partial charge in [-0.15, -0.1) is 0 Å². The lowest BCUT2D eigenvalue weighted by molar-refractivity contribution is -0.138. The maximum atomic E-state index is 10.1. The Labute approximate surface area is 124 Å². The molecule has 0 radical (unpaired) electrons. The van der Waals surface area contributed by atoms with Gasteiger partial charge in [0.25, 0.3) is 0 Å². The van der Waals surface area contributed by atoms with Crippen LogP contribution in [0.3, 0.4) is 0 Å². The SMILES string of the molecule is C=CC(=O)OCCO.OCCOCCOCCOCCO. The van der Waals surface area contributed by atoms with E-state index in [4.69, 9.17) is 29.5 Å². The molecule has 21 heavy (non-hydrogen) atoms. The normalized spacial score (nSPS) is 9.67. The molecule has 8 heteroatoms. The average molecular weight is 310 g/mol. The van der Waals surface area contributed by atoms with E-state index < -0.39 is 5.97 Å². The summed E-state index contributed by atoms with van der Waals surface area (Å²) in [7, 11) is 0. The minimum Gasteiger partial charge on any atom is -0.460 e. The van der Waals surface area contributed by atoms with Gasteiger partial charge in [0.05, 0.1) is 59.5 Å². The topological polar surface area (TPSA) is 115 Å². The molecule has 0 aliphatic heterocycles. The summed E-state index contributed by atoms with van der Waals surface area (Å²) in [5.41, 5.74) is 0. The zero-order chi connectivity index (χ0) is 16.2. The van der Waals surface area contributed by atoms with Crippen LogP contribution in [0.4, 0.5) is 0 Å². The lowest BCUT2D eigenvalue weighted by atomic mass is 10.6. The highest BCUT2D eigenvalue weighted by atomic mass is 16.5. The number of hydrogen-bond donors (Lipinski definition) is 3. The van der Waals surface area contributed by atoms with Gasteiger partial charge in [0.2, 0.25) is 0 Å². The van der Waals surface area contributed by atoms with E-state index in [1.54, 1.807) is 0 Å². The highest BCUT2D eigenvalue weighted by Crippen LogP contribution is 1.80. The molecule has 126 valence electrons. The molecule has 0 aromatic carbocycles. The molecule has 0 aliphatic rings. The number of rotatable bonds is 13. The summed E-state index contributed by atoms with van der Waals surface area (Å²) < 4.78 is 19.4. The molecule has 0 saturated carbocycles. The molecule has 0 spiro atoms. The Kier molecular flexibility index (Phi) is 22.5. The molecule has 0 aliphatic carbocycles. The van der Waals surface area contributed by atoms with Crippen LogP contribution in [0, 0.1) is 0 Å². The Morgan fingerprint density at radius 2 is 1.14 bits per heavy atom. The Morgan fingerprint density at radius 1 is 0.762 bits per heavy atom. The van der Waals surface area contributed by atoms with Gasteiger partial charge in [0, 0.05) is 6.08 Å². The predicted molar refractivity (Wildman–Crippen MR) is 74.9 cm³/mol. The number of carbonyl (C=O) groups excluding carboxylic acids is 1. The van der Waals surface area contributed by atoms with Gasteiger partial charge in [-0.25, -0.2) is 4.79 Å². The Balaban J connectivity index is 0. The van der Waals surface area contributed by atoms with Crippen LogP contribution in [0.15, 0.2) is 12.7 Å². The van der Waals surface area contributed by atoms with E-state index in [-0.39, 0.29) is 26.4 Å².